The summed E-state index contributed by atoms with van der Waals surface area (Å²) in [7, 11) is 1.91. The topological polar surface area (TPSA) is 102 Å². The summed E-state index contributed by atoms with van der Waals surface area (Å²) in [5.74, 6) is -0.00904. The number of nitrogens with one attached hydrogen (secondary N) is 2. The molecule has 3 aromatic rings. The minimum Gasteiger partial charge on any atom is -0.345 e. The molecule has 8 nitrogen and oxygen atoms in total. The Morgan fingerprint density at radius 3 is 2.76 bits per heavy atom. The zero-order chi connectivity index (χ0) is 17.8. The molecule has 0 saturated heterocycles. The van der Waals surface area contributed by atoms with Crippen molar-refractivity contribution in [2.45, 2.75) is 13.0 Å². The van der Waals surface area contributed by atoms with Crippen LogP contribution in [-0.4, -0.2) is 37.9 Å². The molecule has 1 aromatic carbocycles. The minimum absolute atomic E-state index is 0.149. The number of hydrogen-bond donors (Lipinski definition) is 2. The second-order valence-corrected chi connectivity index (χ2v) is 5.58. The monoisotopic (exact) mass is 338 g/mol. The number of nitrogens with zero attached hydrogens (tertiary/aromatic N) is 4. The van der Waals surface area contributed by atoms with Gasteiger partial charge in [0.05, 0.1) is 29.8 Å². The van der Waals surface area contributed by atoms with Crippen LogP contribution in [0.15, 0.2) is 42.9 Å². The normalized spacial score (nSPS) is 11.9. The van der Waals surface area contributed by atoms with Gasteiger partial charge in [0.2, 0.25) is 5.91 Å². The number of benzene rings is 1. The lowest BCUT2D eigenvalue weighted by Gasteiger charge is -2.14. The van der Waals surface area contributed by atoms with Crippen LogP contribution in [0, 0.1) is 0 Å². The largest absolute Gasteiger partial charge is 0.345 e. The number of carbonyl (C=O) groups excluding carboxylic acids is 2. The molecule has 0 radical (unpaired) electrons. The van der Waals surface area contributed by atoms with E-state index < -0.39 is 5.91 Å². The number of aromatic nitrogens is 4. The second kappa shape index (κ2) is 7.08. The summed E-state index contributed by atoms with van der Waals surface area (Å²) in [5.41, 5.74) is 2.03. The van der Waals surface area contributed by atoms with Crippen LogP contribution < -0.4 is 10.6 Å². The van der Waals surface area contributed by atoms with Crippen LogP contribution in [0.3, 0.4) is 0 Å². The molecule has 0 aliphatic carbocycles. The van der Waals surface area contributed by atoms with Gasteiger partial charge in [-0.05, 0) is 19.1 Å². The highest BCUT2D eigenvalue weighted by atomic mass is 16.2. The van der Waals surface area contributed by atoms with E-state index in [1.54, 1.807) is 0 Å². The van der Waals surface area contributed by atoms with Crippen molar-refractivity contribution < 1.29 is 9.59 Å². The van der Waals surface area contributed by atoms with E-state index in [9.17, 15) is 9.59 Å². The molecule has 2 N–H and O–H groups in total. The molecule has 3 rings (SSSR count). The number of fused-ring (bicyclic) bond motifs is 1. The summed E-state index contributed by atoms with van der Waals surface area (Å²) in [5, 5.41) is 5.35. The molecule has 2 aromatic heterocycles. The van der Waals surface area contributed by atoms with Gasteiger partial charge in [0.15, 0.2) is 0 Å². The molecule has 0 bridgehead atoms. The van der Waals surface area contributed by atoms with E-state index in [1.807, 2.05) is 42.8 Å². The first-order valence-electron chi connectivity index (χ1n) is 7.81. The first-order chi connectivity index (χ1) is 12.1. The van der Waals surface area contributed by atoms with Crippen LogP contribution in [0.25, 0.3) is 11.0 Å². The Labute approximate surface area is 144 Å². The third-order valence-corrected chi connectivity index (χ3v) is 3.79. The fourth-order valence-corrected chi connectivity index (χ4v) is 2.58. The molecule has 0 saturated carbocycles. The molecule has 25 heavy (non-hydrogen) atoms. The van der Waals surface area contributed by atoms with Crippen LogP contribution in [0.2, 0.25) is 0 Å². The summed E-state index contributed by atoms with van der Waals surface area (Å²) in [6.07, 6.45) is 4.24. The van der Waals surface area contributed by atoms with Crippen LogP contribution in [-0.2, 0) is 11.8 Å². The molecule has 2 amide bonds. The lowest BCUT2D eigenvalue weighted by molar-refractivity contribution is -0.120. The first-order valence-corrected chi connectivity index (χ1v) is 7.81. The van der Waals surface area contributed by atoms with E-state index >= 15 is 0 Å². The average molecular weight is 338 g/mol. The fraction of sp³-hybridized carbons (Fsp3) is 0.235. The van der Waals surface area contributed by atoms with Crippen molar-refractivity contribution in [1.82, 2.24) is 30.2 Å². The standard InChI is InChI=1S/C17H18N6O2/c1-11(16-22-12-5-3-4-6-14(12)23(16)2)21-15(24)10-20-17(25)13-9-18-7-8-19-13/h3-9,11H,10H2,1-2H3,(H,20,25)(H,21,24). The zero-order valence-corrected chi connectivity index (χ0v) is 13.9. The highest BCUT2D eigenvalue weighted by Crippen LogP contribution is 2.18. The molecule has 8 heteroatoms. The summed E-state index contributed by atoms with van der Waals surface area (Å²) in [6, 6.07) is 7.47. The van der Waals surface area contributed by atoms with Crippen LogP contribution in [0.1, 0.15) is 29.3 Å². The first kappa shape index (κ1) is 16.6. The van der Waals surface area contributed by atoms with E-state index in [1.165, 1.54) is 18.6 Å². The van der Waals surface area contributed by atoms with Crippen molar-refractivity contribution in [3.05, 3.63) is 54.4 Å². The van der Waals surface area contributed by atoms with Crippen molar-refractivity contribution in [2.75, 3.05) is 6.54 Å². The van der Waals surface area contributed by atoms with Gasteiger partial charge in [-0.25, -0.2) is 9.97 Å². The van der Waals surface area contributed by atoms with Gasteiger partial charge in [0, 0.05) is 19.4 Å². The highest BCUT2D eigenvalue weighted by molar-refractivity contribution is 5.94. The van der Waals surface area contributed by atoms with E-state index in [0.29, 0.717) is 0 Å². The molecule has 2 heterocycles. The lowest BCUT2D eigenvalue weighted by Crippen LogP contribution is -2.38. The van der Waals surface area contributed by atoms with Crippen LogP contribution in [0.5, 0.6) is 0 Å². The Bertz CT molecular complexity index is 906. The second-order valence-electron chi connectivity index (χ2n) is 5.58. The van der Waals surface area contributed by atoms with Crippen LogP contribution >= 0.6 is 0 Å². The molecular formula is C17H18N6O2. The Kier molecular flexibility index (Phi) is 4.69. The number of imidazole rings is 1. The molecule has 0 spiro atoms. The summed E-state index contributed by atoms with van der Waals surface area (Å²) in [6.45, 7) is 1.70. The molecular weight excluding hydrogens is 320 g/mol. The van der Waals surface area contributed by atoms with Gasteiger partial charge in [-0.3, -0.25) is 14.6 Å². The number of rotatable bonds is 5. The highest BCUT2D eigenvalue weighted by Gasteiger charge is 2.17. The van der Waals surface area contributed by atoms with Gasteiger partial charge < -0.3 is 15.2 Å². The summed E-state index contributed by atoms with van der Waals surface area (Å²) in [4.78, 5) is 36.2. The molecule has 1 atom stereocenters. The maximum Gasteiger partial charge on any atom is 0.271 e. The number of hydrogen-bond acceptors (Lipinski definition) is 5. The Morgan fingerprint density at radius 2 is 2.04 bits per heavy atom. The average Bonchev–Trinajstić information content (AvgIpc) is 2.98. The quantitative estimate of drug-likeness (QED) is 0.722. The smallest absolute Gasteiger partial charge is 0.271 e. The third kappa shape index (κ3) is 3.63. The number of para-hydroxylation sites is 2. The van der Waals surface area contributed by atoms with Crippen molar-refractivity contribution >= 4 is 22.8 Å². The van der Waals surface area contributed by atoms with Crippen molar-refractivity contribution in [3.63, 3.8) is 0 Å². The van der Waals surface area contributed by atoms with Gasteiger partial charge in [0.1, 0.15) is 11.5 Å². The van der Waals surface area contributed by atoms with Gasteiger partial charge in [0.25, 0.3) is 5.91 Å². The Hall–Kier alpha value is -3.29. The number of amides is 2. The van der Waals surface area contributed by atoms with E-state index in [4.69, 9.17) is 0 Å². The Balaban J connectivity index is 1.60. The van der Waals surface area contributed by atoms with E-state index in [-0.39, 0.29) is 24.2 Å². The minimum atomic E-state index is -0.446. The third-order valence-electron chi connectivity index (χ3n) is 3.79. The Morgan fingerprint density at radius 1 is 1.24 bits per heavy atom. The fourth-order valence-electron chi connectivity index (χ4n) is 2.58. The molecule has 1 unspecified atom stereocenters. The van der Waals surface area contributed by atoms with Gasteiger partial charge in [-0.2, -0.15) is 0 Å². The van der Waals surface area contributed by atoms with Gasteiger partial charge >= 0.3 is 0 Å². The predicted octanol–water partition coefficient (Wildman–Crippen LogP) is 0.970. The van der Waals surface area contributed by atoms with Gasteiger partial charge in [-0.15, -0.1) is 0 Å². The molecule has 0 aliphatic heterocycles. The molecule has 0 fully saturated rings. The SMILES string of the molecule is CC(NC(=O)CNC(=O)c1cnccn1)c1nc2ccccc2n1C. The lowest BCUT2D eigenvalue weighted by atomic mass is 10.3. The maximum absolute atomic E-state index is 12.1. The predicted molar refractivity (Wildman–Crippen MR) is 91.6 cm³/mol. The van der Waals surface area contributed by atoms with Crippen LogP contribution in [0.4, 0.5) is 0 Å². The van der Waals surface area contributed by atoms with Crippen molar-refractivity contribution in [3.8, 4) is 0 Å². The van der Waals surface area contributed by atoms with E-state index in [2.05, 4.69) is 25.6 Å². The van der Waals surface area contributed by atoms with Gasteiger partial charge in [-0.1, -0.05) is 12.1 Å². The number of aryl methyl sites for hydroxylation is 1. The zero-order valence-electron chi connectivity index (χ0n) is 13.9. The van der Waals surface area contributed by atoms with Crippen molar-refractivity contribution in [2.24, 2.45) is 7.05 Å². The van der Waals surface area contributed by atoms with E-state index in [0.717, 1.165) is 16.9 Å². The maximum atomic E-state index is 12.1. The summed E-state index contributed by atoms with van der Waals surface area (Å²) < 4.78 is 1.94. The molecule has 128 valence electrons. The van der Waals surface area contributed by atoms with Crippen molar-refractivity contribution in [1.29, 1.82) is 0 Å². The molecule has 0 aliphatic rings. The summed E-state index contributed by atoms with van der Waals surface area (Å²) >= 11 is 0. The number of carbonyl (C=O) groups is 2.